The van der Waals surface area contributed by atoms with Gasteiger partial charge < -0.3 is 9.47 Å². The van der Waals surface area contributed by atoms with Crippen LogP contribution >= 0.6 is 0 Å². The summed E-state index contributed by atoms with van der Waals surface area (Å²) in [6.07, 6.45) is 0.374. The molecule has 1 aromatic rings. The molecule has 0 bridgehead atoms. The van der Waals surface area contributed by atoms with Crippen LogP contribution in [-0.4, -0.2) is 25.4 Å². The number of methoxy groups -OCH3 is 2. The molecule has 0 aromatic heterocycles. The standard InChI is InChI=1S/C9H9NO5.C2H4/c1-14-8-4-3-7(10(12)13)6(5-11)9(8)15-2;1-2/h3-5H,1-2H3;1-2H2. The van der Waals surface area contributed by atoms with Gasteiger partial charge in [0, 0.05) is 6.07 Å². The summed E-state index contributed by atoms with van der Waals surface area (Å²) in [5, 5.41) is 10.6. The average Bonchev–Trinajstić information content (AvgIpc) is 2.38. The molecule has 0 spiro atoms. The lowest BCUT2D eigenvalue weighted by molar-refractivity contribution is -0.385. The Morgan fingerprint density at radius 2 is 1.88 bits per heavy atom. The second kappa shape index (κ2) is 7.00. The van der Waals surface area contributed by atoms with Crippen molar-refractivity contribution >= 4 is 12.0 Å². The molecule has 0 saturated carbocycles. The summed E-state index contributed by atoms with van der Waals surface area (Å²) in [7, 11) is 2.70. The zero-order valence-corrected chi connectivity index (χ0v) is 9.63. The van der Waals surface area contributed by atoms with E-state index in [9.17, 15) is 14.9 Å². The maximum atomic E-state index is 10.7. The fourth-order valence-corrected chi connectivity index (χ4v) is 1.21. The summed E-state index contributed by atoms with van der Waals surface area (Å²) in [6, 6.07) is 2.58. The summed E-state index contributed by atoms with van der Waals surface area (Å²) in [4.78, 5) is 20.7. The SMILES string of the molecule is C=C.COc1ccc([N+](=O)[O-])c(C=O)c1OC. The summed E-state index contributed by atoms with van der Waals surface area (Å²) >= 11 is 0. The highest BCUT2D eigenvalue weighted by Gasteiger charge is 2.21. The van der Waals surface area contributed by atoms with Gasteiger partial charge in [-0.15, -0.1) is 13.2 Å². The fourth-order valence-electron chi connectivity index (χ4n) is 1.21. The molecular weight excluding hydrogens is 226 g/mol. The van der Waals surface area contributed by atoms with Gasteiger partial charge in [-0.2, -0.15) is 0 Å². The molecule has 0 fully saturated rings. The first kappa shape index (κ1) is 14.6. The molecule has 0 aliphatic carbocycles. The monoisotopic (exact) mass is 239 g/mol. The Kier molecular flexibility index (Phi) is 6.02. The van der Waals surface area contributed by atoms with Crippen LogP contribution in [0.15, 0.2) is 25.3 Å². The lowest BCUT2D eigenvalue weighted by atomic mass is 10.1. The number of nitrogens with zero attached hydrogens (tertiary/aromatic N) is 1. The van der Waals surface area contributed by atoms with E-state index < -0.39 is 4.92 Å². The Hall–Kier alpha value is -2.37. The van der Waals surface area contributed by atoms with E-state index >= 15 is 0 Å². The second-order valence-electron chi connectivity index (χ2n) is 2.61. The minimum atomic E-state index is -0.647. The number of nitro groups is 1. The normalized spacial score (nSPS) is 8.59. The minimum absolute atomic E-state index is 0.0710. The zero-order valence-electron chi connectivity index (χ0n) is 9.63. The van der Waals surface area contributed by atoms with Crippen LogP contribution in [0.25, 0.3) is 0 Å². The van der Waals surface area contributed by atoms with E-state index in [4.69, 9.17) is 9.47 Å². The van der Waals surface area contributed by atoms with Crippen molar-refractivity contribution < 1.29 is 19.2 Å². The molecule has 0 atom stereocenters. The molecule has 6 heteroatoms. The Morgan fingerprint density at radius 3 is 2.24 bits per heavy atom. The molecule has 0 saturated heterocycles. The smallest absolute Gasteiger partial charge is 0.283 e. The summed E-state index contributed by atoms with van der Waals surface area (Å²) < 4.78 is 9.80. The molecule has 0 amide bonds. The van der Waals surface area contributed by atoms with Crippen molar-refractivity contribution in [2.24, 2.45) is 0 Å². The van der Waals surface area contributed by atoms with Gasteiger partial charge in [-0.3, -0.25) is 14.9 Å². The zero-order chi connectivity index (χ0) is 13.4. The number of hydrogen-bond acceptors (Lipinski definition) is 5. The van der Waals surface area contributed by atoms with Crippen molar-refractivity contribution in [1.29, 1.82) is 0 Å². The van der Waals surface area contributed by atoms with Gasteiger partial charge in [-0.05, 0) is 6.07 Å². The molecule has 0 aliphatic heterocycles. The third-order valence-electron chi connectivity index (χ3n) is 1.88. The van der Waals surface area contributed by atoms with Crippen molar-refractivity contribution in [2.75, 3.05) is 14.2 Å². The summed E-state index contributed by atoms with van der Waals surface area (Å²) in [5.74, 6) is 0.354. The number of aldehydes is 1. The molecule has 0 unspecified atom stereocenters. The maximum absolute atomic E-state index is 10.7. The average molecular weight is 239 g/mol. The Morgan fingerprint density at radius 1 is 1.29 bits per heavy atom. The van der Waals surface area contributed by atoms with Crippen LogP contribution in [-0.2, 0) is 0 Å². The first-order chi connectivity index (χ1) is 8.15. The van der Waals surface area contributed by atoms with Crippen LogP contribution in [0.2, 0.25) is 0 Å². The van der Waals surface area contributed by atoms with Gasteiger partial charge in [-0.25, -0.2) is 0 Å². The molecule has 17 heavy (non-hydrogen) atoms. The quantitative estimate of drug-likeness (QED) is 0.348. The fraction of sp³-hybridized carbons (Fsp3) is 0.182. The number of rotatable bonds is 4. The van der Waals surface area contributed by atoms with Gasteiger partial charge in [0.2, 0.25) is 0 Å². The molecular formula is C11H13NO5. The predicted molar refractivity (Wildman–Crippen MR) is 62.8 cm³/mol. The number of carbonyl (C=O) groups excluding carboxylic acids is 1. The van der Waals surface area contributed by atoms with Crippen LogP contribution in [0.3, 0.4) is 0 Å². The lowest BCUT2D eigenvalue weighted by Gasteiger charge is -2.08. The van der Waals surface area contributed by atoms with E-state index in [2.05, 4.69) is 13.2 Å². The third kappa shape index (κ3) is 3.04. The first-order valence-corrected chi connectivity index (χ1v) is 4.50. The van der Waals surface area contributed by atoms with Gasteiger partial charge in [0.05, 0.1) is 19.1 Å². The van der Waals surface area contributed by atoms with Crippen molar-refractivity contribution in [3.63, 3.8) is 0 Å². The van der Waals surface area contributed by atoms with Gasteiger partial charge in [0.25, 0.3) is 5.69 Å². The van der Waals surface area contributed by atoms with Gasteiger partial charge in [0.1, 0.15) is 5.56 Å². The Bertz CT molecular complexity index is 417. The molecule has 0 radical (unpaired) electrons. The highest BCUT2D eigenvalue weighted by Crippen LogP contribution is 2.35. The molecule has 92 valence electrons. The topological polar surface area (TPSA) is 78.7 Å². The first-order valence-electron chi connectivity index (χ1n) is 4.50. The largest absolute Gasteiger partial charge is 0.493 e. The molecule has 0 heterocycles. The highest BCUT2D eigenvalue weighted by molar-refractivity contribution is 5.87. The van der Waals surface area contributed by atoms with Crippen LogP contribution in [0, 0.1) is 10.1 Å². The van der Waals surface area contributed by atoms with Gasteiger partial charge in [0.15, 0.2) is 17.8 Å². The van der Waals surface area contributed by atoms with E-state index in [1.54, 1.807) is 0 Å². The maximum Gasteiger partial charge on any atom is 0.283 e. The number of carbonyl (C=O) groups is 1. The van der Waals surface area contributed by atoms with Gasteiger partial charge >= 0.3 is 0 Å². The van der Waals surface area contributed by atoms with Crippen LogP contribution in [0.4, 0.5) is 5.69 Å². The van der Waals surface area contributed by atoms with E-state index in [1.165, 1.54) is 26.4 Å². The van der Waals surface area contributed by atoms with Crippen molar-refractivity contribution in [3.8, 4) is 11.5 Å². The number of hydrogen-bond donors (Lipinski definition) is 0. The van der Waals surface area contributed by atoms with Gasteiger partial charge in [-0.1, -0.05) is 0 Å². The molecule has 6 nitrogen and oxygen atoms in total. The number of ether oxygens (including phenoxy) is 2. The summed E-state index contributed by atoms with van der Waals surface area (Å²) in [6.45, 7) is 6.00. The van der Waals surface area contributed by atoms with Crippen molar-refractivity contribution in [2.45, 2.75) is 0 Å². The van der Waals surface area contributed by atoms with E-state index in [0.717, 1.165) is 0 Å². The number of nitro benzene ring substituents is 1. The van der Waals surface area contributed by atoms with Crippen molar-refractivity contribution in [3.05, 3.63) is 41.0 Å². The van der Waals surface area contributed by atoms with Crippen LogP contribution in [0.5, 0.6) is 11.5 Å². The van der Waals surface area contributed by atoms with Crippen LogP contribution < -0.4 is 9.47 Å². The summed E-state index contributed by atoms with van der Waals surface area (Å²) in [5.41, 5.74) is -0.426. The van der Waals surface area contributed by atoms with E-state index in [-0.39, 0.29) is 22.7 Å². The molecule has 1 aromatic carbocycles. The van der Waals surface area contributed by atoms with E-state index in [1.807, 2.05) is 0 Å². The van der Waals surface area contributed by atoms with E-state index in [0.29, 0.717) is 6.29 Å². The Labute approximate surface area is 98.6 Å². The molecule has 0 aliphatic rings. The third-order valence-corrected chi connectivity index (χ3v) is 1.88. The number of benzene rings is 1. The second-order valence-corrected chi connectivity index (χ2v) is 2.61. The van der Waals surface area contributed by atoms with Crippen LogP contribution in [0.1, 0.15) is 10.4 Å². The van der Waals surface area contributed by atoms with Crippen molar-refractivity contribution in [1.82, 2.24) is 0 Å². The predicted octanol–water partition coefficient (Wildman–Crippen LogP) is 2.23. The Balaban J connectivity index is 0.00000121. The highest BCUT2D eigenvalue weighted by atomic mass is 16.6. The lowest BCUT2D eigenvalue weighted by Crippen LogP contribution is -2.00. The minimum Gasteiger partial charge on any atom is -0.493 e. The molecule has 1 rings (SSSR count). The molecule has 0 N–H and O–H groups in total.